The minimum atomic E-state index is 0.0608. The molecule has 3 nitrogen and oxygen atoms in total. The largest absolute Gasteiger partial charge is 0.327 e. The standard InChI is InChI=1S/C13H18N2OS/c16-13(15-9-5-2-6-10-15)14-17-11-12-7-3-1-4-8-12/h1,3-4,7-8H,2,5-6,9-11H2,(H,14,16). The number of nitrogens with zero attached hydrogens (tertiary/aromatic N) is 1. The van der Waals surface area contributed by atoms with Crippen molar-refractivity contribution in [3.63, 3.8) is 0 Å². The van der Waals surface area contributed by atoms with Crippen LogP contribution in [0.2, 0.25) is 0 Å². The number of urea groups is 1. The molecule has 0 atom stereocenters. The topological polar surface area (TPSA) is 32.3 Å². The van der Waals surface area contributed by atoms with Crippen LogP contribution in [-0.4, -0.2) is 24.0 Å². The number of nitrogens with one attached hydrogen (secondary N) is 1. The van der Waals surface area contributed by atoms with Gasteiger partial charge in [-0.25, -0.2) is 4.79 Å². The Kier molecular flexibility index (Phi) is 4.74. The summed E-state index contributed by atoms with van der Waals surface area (Å²) in [6.07, 6.45) is 3.52. The lowest BCUT2D eigenvalue weighted by Crippen LogP contribution is -2.40. The summed E-state index contributed by atoms with van der Waals surface area (Å²) in [5.41, 5.74) is 1.23. The minimum absolute atomic E-state index is 0.0608. The first-order valence-corrected chi connectivity index (χ1v) is 7.05. The summed E-state index contributed by atoms with van der Waals surface area (Å²) in [5, 5.41) is 0. The SMILES string of the molecule is O=C(NSCc1ccccc1)N1CCCCC1. The summed E-state index contributed by atoms with van der Waals surface area (Å²) in [4.78, 5) is 13.7. The third-order valence-corrected chi connectivity index (χ3v) is 3.68. The minimum Gasteiger partial charge on any atom is -0.324 e. The maximum Gasteiger partial charge on any atom is 0.327 e. The highest BCUT2D eigenvalue weighted by atomic mass is 32.2. The van der Waals surface area contributed by atoms with Crippen molar-refractivity contribution in [3.05, 3.63) is 35.9 Å². The van der Waals surface area contributed by atoms with Crippen molar-refractivity contribution in [1.82, 2.24) is 9.62 Å². The molecule has 0 bridgehead atoms. The van der Waals surface area contributed by atoms with Crippen LogP contribution in [0.25, 0.3) is 0 Å². The molecule has 0 saturated carbocycles. The zero-order valence-corrected chi connectivity index (χ0v) is 10.7. The van der Waals surface area contributed by atoms with Crippen molar-refractivity contribution in [2.75, 3.05) is 13.1 Å². The van der Waals surface area contributed by atoms with Crippen molar-refractivity contribution < 1.29 is 4.79 Å². The van der Waals surface area contributed by atoms with Gasteiger partial charge in [-0.05, 0) is 36.8 Å². The van der Waals surface area contributed by atoms with E-state index in [1.54, 1.807) is 0 Å². The molecular formula is C13H18N2OS. The van der Waals surface area contributed by atoms with Gasteiger partial charge in [-0.15, -0.1) is 0 Å². The number of benzene rings is 1. The van der Waals surface area contributed by atoms with Crippen molar-refractivity contribution in [2.24, 2.45) is 0 Å². The van der Waals surface area contributed by atoms with Crippen molar-refractivity contribution in [2.45, 2.75) is 25.0 Å². The molecule has 1 fully saturated rings. The van der Waals surface area contributed by atoms with Crippen LogP contribution in [0.5, 0.6) is 0 Å². The molecule has 4 heteroatoms. The summed E-state index contributed by atoms with van der Waals surface area (Å²) in [7, 11) is 0. The Morgan fingerprint density at radius 2 is 1.88 bits per heavy atom. The Morgan fingerprint density at radius 1 is 1.18 bits per heavy atom. The Morgan fingerprint density at radius 3 is 2.59 bits per heavy atom. The number of amides is 2. The van der Waals surface area contributed by atoms with E-state index in [9.17, 15) is 4.79 Å². The first-order chi connectivity index (χ1) is 8.36. The molecule has 0 radical (unpaired) electrons. The average molecular weight is 250 g/mol. The predicted octanol–water partition coefficient (Wildman–Crippen LogP) is 3.03. The maximum absolute atomic E-state index is 11.8. The van der Waals surface area contributed by atoms with Crippen LogP contribution in [0.3, 0.4) is 0 Å². The number of hydrogen-bond donors (Lipinski definition) is 1. The van der Waals surface area contributed by atoms with Gasteiger partial charge in [-0.1, -0.05) is 30.3 Å². The second-order valence-corrected chi connectivity index (χ2v) is 5.01. The Labute approximate surface area is 107 Å². The lowest BCUT2D eigenvalue weighted by atomic mass is 10.1. The van der Waals surface area contributed by atoms with E-state index in [1.807, 2.05) is 23.1 Å². The molecule has 1 aromatic rings. The molecule has 1 N–H and O–H groups in total. The molecule has 1 heterocycles. The predicted molar refractivity (Wildman–Crippen MR) is 71.7 cm³/mol. The molecule has 0 aromatic heterocycles. The molecule has 2 amide bonds. The van der Waals surface area contributed by atoms with Crippen LogP contribution < -0.4 is 4.72 Å². The lowest BCUT2D eigenvalue weighted by Gasteiger charge is -2.26. The zero-order chi connectivity index (χ0) is 11.9. The van der Waals surface area contributed by atoms with E-state index in [4.69, 9.17) is 0 Å². The molecule has 17 heavy (non-hydrogen) atoms. The first kappa shape index (κ1) is 12.3. The molecule has 1 aliphatic heterocycles. The van der Waals surface area contributed by atoms with E-state index in [2.05, 4.69) is 16.9 Å². The van der Waals surface area contributed by atoms with Crippen molar-refractivity contribution in [3.8, 4) is 0 Å². The van der Waals surface area contributed by atoms with E-state index < -0.39 is 0 Å². The normalized spacial score (nSPS) is 15.6. The summed E-state index contributed by atoms with van der Waals surface area (Å²) in [6.45, 7) is 1.80. The van der Waals surface area contributed by atoms with Gasteiger partial charge in [-0.3, -0.25) is 4.72 Å². The fraction of sp³-hybridized carbons (Fsp3) is 0.462. The van der Waals surface area contributed by atoms with Crippen molar-refractivity contribution >= 4 is 18.0 Å². The molecule has 1 aromatic carbocycles. The number of likely N-dealkylation sites (tertiary alicyclic amines) is 1. The van der Waals surface area contributed by atoms with Gasteiger partial charge in [0.25, 0.3) is 0 Å². The highest BCUT2D eigenvalue weighted by Gasteiger charge is 2.15. The van der Waals surface area contributed by atoms with Crippen LogP contribution in [0.1, 0.15) is 24.8 Å². The lowest BCUT2D eigenvalue weighted by molar-refractivity contribution is 0.193. The van der Waals surface area contributed by atoms with Gasteiger partial charge in [-0.2, -0.15) is 0 Å². The van der Waals surface area contributed by atoms with E-state index in [0.29, 0.717) is 0 Å². The number of piperidine rings is 1. The van der Waals surface area contributed by atoms with Crippen LogP contribution >= 0.6 is 11.9 Å². The maximum atomic E-state index is 11.8. The Hall–Kier alpha value is -1.16. The monoisotopic (exact) mass is 250 g/mol. The van der Waals surface area contributed by atoms with Gasteiger partial charge in [0.2, 0.25) is 0 Å². The van der Waals surface area contributed by atoms with E-state index >= 15 is 0 Å². The van der Waals surface area contributed by atoms with Crippen LogP contribution in [0.4, 0.5) is 4.79 Å². The smallest absolute Gasteiger partial charge is 0.324 e. The quantitative estimate of drug-likeness (QED) is 0.836. The molecular weight excluding hydrogens is 232 g/mol. The first-order valence-electron chi connectivity index (χ1n) is 6.07. The summed E-state index contributed by atoms with van der Waals surface area (Å²) >= 11 is 1.47. The third-order valence-electron chi connectivity index (χ3n) is 2.88. The molecule has 0 unspecified atom stereocenters. The molecule has 92 valence electrons. The second-order valence-electron chi connectivity index (χ2n) is 4.23. The number of carbonyl (C=O) groups excluding carboxylic acids is 1. The van der Waals surface area contributed by atoms with Crippen LogP contribution in [0, 0.1) is 0 Å². The van der Waals surface area contributed by atoms with E-state index in [0.717, 1.165) is 31.7 Å². The molecule has 1 aliphatic rings. The summed E-state index contributed by atoms with van der Waals surface area (Å²) < 4.78 is 2.90. The molecule has 2 rings (SSSR count). The molecule has 1 saturated heterocycles. The fourth-order valence-electron chi connectivity index (χ4n) is 1.92. The van der Waals surface area contributed by atoms with Crippen LogP contribution in [0.15, 0.2) is 30.3 Å². The van der Waals surface area contributed by atoms with Gasteiger partial charge >= 0.3 is 6.03 Å². The zero-order valence-electron chi connectivity index (χ0n) is 9.89. The Balaban J connectivity index is 1.69. The third kappa shape index (κ3) is 3.97. The summed E-state index contributed by atoms with van der Waals surface area (Å²) in [6, 6.07) is 10.2. The van der Waals surface area contributed by atoms with Gasteiger partial charge in [0.05, 0.1) is 0 Å². The highest BCUT2D eigenvalue weighted by Crippen LogP contribution is 2.12. The average Bonchev–Trinajstić information content (AvgIpc) is 2.41. The van der Waals surface area contributed by atoms with E-state index in [-0.39, 0.29) is 6.03 Å². The number of hydrogen-bond acceptors (Lipinski definition) is 2. The highest BCUT2D eigenvalue weighted by molar-refractivity contribution is 7.97. The fourth-order valence-corrected chi connectivity index (χ4v) is 2.60. The number of rotatable bonds is 3. The number of carbonyl (C=O) groups is 1. The van der Waals surface area contributed by atoms with Gasteiger partial charge in [0, 0.05) is 18.8 Å². The van der Waals surface area contributed by atoms with Crippen LogP contribution in [-0.2, 0) is 5.75 Å². The summed E-state index contributed by atoms with van der Waals surface area (Å²) in [5.74, 6) is 0.820. The van der Waals surface area contributed by atoms with Gasteiger partial charge in [0.15, 0.2) is 0 Å². The molecule has 0 spiro atoms. The van der Waals surface area contributed by atoms with Crippen molar-refractivity contribution in [1.29, 1.82) is 0 Å². The Bertz CT molecular complexity index is 350. The van der Waals surface area contributed by atoms with Gasteiger partial charge < -0.3 is 4.90 Å². The van der Waals surface area contributed by atoms with E-state index in [1.165, 1.54) is 23.9 Å². The second kappa shape index (κ2) is 6.55. The molecule has 0 aliphatic carbocycles. The van der Waals surface area contributed by atoms with Gasteiger partial charge in [0.1, 0.15) is 0 Å².